The lowest BCUT2D eigenvalue weighted by atomic mass is 9.99. The van der Waals surface area contributed by atoms with Crippen molar-refractivity contribution in [2.45, 2.75) is 121 Å². The van der Waals surface area contributed by atoms with E-state index in [2.05, 4.69) is 28.8 Å². The summed E-state index contributed by atoms with van der Waals surface area (Å²) >= 11 is 0. The molecule has 36 heavy (non-hydrogen) atoms. The van der Waals surface area contributed by atoms with E-state index in [1.54, 1.807) is 18.9 Å². The molecule has 0 aromatic carbocycles. The van der Waals surface area contributed by atoms with Gasteiger partial charge < -0.3 is 19.3 Å². The van der Waals surface area contributed by atoms with Gasteiger partial charge >= 0.3 is 0 Å². The maximum atomic E-state index is 10.2. The summed E-state index contributed by atoms with van der Waals surface area (Å²) < 4.78 is 23.6. The van der Waals surface area contributed by atoms with Crippen LogP contribution in [0.3, 0.4) is 0 Å². The number of hydrogen-bond acceptors (Lipinski definition) is 7. The Kier molecular flexibility index (Phi) is 8.20. The van der Waals surface area contributed by atoms with Gasteiger partial charge in [0.05, 0.1) is 12.9 Å². The number of ether oxygens (including phenoxy) is 3. The lowest BCUT2D eigenvalue weighted by Crippen LogP contribution is -2.36. The molecule has 9 heteroatoms. The van der Waals surface area contributed by atoms with Crippen molar-refractivity contribution in [3.05, 3.63) is 25.0 Å². The van der Waals surface area contributed by atoms with E-state index in [1.807, 2.05) is 15.2 Å². The van der Waals surface area contributed by atoms with Gasteiger partial charge in [-0.3, -0.25) is 8.97 Å². The van der Waals surface area contributed by atoms with Crippen LogP contribution >= 0.6 is 0 Å². The third-order valence-electron chi connectivity index (χ3n) is 7.72. The molecule has 9 nitrogen and oxygen atoms in total. The first kappa shape index (κ1) is 25.6. The topological polar surface area (TPSA) is 95.9 Å². The van der Waals surface area contributed by atoms with Crippen LogP contribution < -0.4 is 0 Å². The van der Waals surface area contributed by atoms with Crippen molar-refractivity contribution in [1.82, 2.24) is 23.9 Å². The summed E-state index contributed by atoms with van der Waals surface area (Å²) in [5.74, 6) is -0.622. The largest absolute Gasteiger partial charge is 0.394 e. The molecule has 0 radical (unpaired) electrons. The minimum absolute atomic E-state index is 0.116. The average Bonchev–Trinajstić information content (AvgIpc) is 3.65. The molecule has 2 fully saturated rings. The molecular formula is C27H41N5O4. The first-order chi connectivity index (χ1) is 17.7. The predicted octanol–water partition coefficient (Wildman–Crippen LogP) is 5.17. The predicted molar refractivity (Wildman–Crippen MR) is 137 cm³/mol. The third kappa shape index (κ3) is 5.03. The quantitative estimate of drug-likeness (QED) is 0.306. The van der Waals surface area contributed by atoms with Gasteiger partial charge in [-0.1, -0.05) is 65.2 Å². The third-order valence-corrected chi connectivity index (χ3v) is 7.72. The molecule has 1 N–H and O–H groups in total. The molecule has 5 rings (SSSR count). The number of nitrogens with zero attached hydrogens (tertiary/aromatic N) is 5. The van der Waals surface area contributed by atoms with Crippen LogP contribution in [0, 0.1) is 0 Å². The summed E-state index contributed by atoms with van der Waals surface area (Å²) in [4.78, 5) is 13.7. The van der Waals surface area contributed by atoms with Crippen molar-refractivity contribution in [2.75, 3.05) is 6.61 Å². The van der Waals surface area contributed by atoms with Crippen molar-refractivity contribution >= 4 is 16.8 Å². The number of hydrogen-bond donors (Lipinski definition) is 1. The first-order valence-corrected chi connectivity index (χ1v) is 14.0. The summed E-state index contributed by atoms with van der Waals surface area (Å²) in [6.45, 7) is 4.36. The summed E-state index contributed by atoms with van der Waals surface area (Å²) in [6.07, 6.45) is 19.3. The second-order valence-corrected chi connectivity index (χ2v) is 10.4. The molecule has 0 saturated carbocycles. The Hall–Kier alpha value is -2.07. The highest BCUT2D eigenvalue weighted by atomic mass is 16.8. The molecule has 0 unspecified atom stereocenters. The van der Waals surface area contributed by atoms with Crippen molar-refractivity contribution < 1.29 is 19.3 Å². The molecule has 4 atom stereocenters. The number of aromatic nitrogens is 5. The fourth-order valence-corrected chi connectivity index (χ4v) is 5.76. The Morgan fingerprint density at radius 3 is 2.22 bits per heavy atom. The molecule has 0 aliphatic carbocycles. The molecule has 0 amide bonds. The van der Waals surface area contributed by atoms with E-state index in [-0.39, 0.29) is 18.8 Å². The van der Waals surface area contributed by atoms with Gasteiger partial charge in [0, 0.05) is 25.2 Å². The van der Waals surface area contributed by atoms with Crippen molar-refractivity contribution in [3.8, 4) is 0 Å². The molecular weight excluding hydrogens is 458 g/mol. The average molecular weight is 500 g/mol. The van der Waals surface area contributed by atoms with E-state index in [0.29, 0.717) is 11.2 Å². The van der Waals surface area contributed by atoms with Crippen LogP contribution in [0.15, 0.2) is 25.0 Å². The normalized spacial score (nSPS) is 25.3. The minimum Gasteiger partial charge on any atom is -0.394 e. The smallest absolute Gasteiger partial charge is 0.169 e. The summed E-state index contributed by atoms with van der Waals surface area (Å²) in [5, 5.41) is 10.2. The van der Waals surface area contributed by atoms with E-state index in [0.717, 1.165) is 31.3 Å². The van der Waals surface area contributed by atoms with E-state index < -0.39 is 18.1 Å². The maximum Gasteiger partial charge on any atom is 0.169 e. The number of aliphatic hydroxyl groups excluding tert-OH is 1. The highest BCUT2D eigenvalue weighted by molar-refractivity contribution is 5.85. The fourth-order valence-electron chi connectivity index (χ4n) is 5.76. The summed E-state index contributed by atoms with van der Waals surface area (Å²) in [7, 11) is 0. The number of rotatable bonds is 14. The van der Waals surface area contributed by atoms with Crippen LogP contribution in [0.4, 0.5) is 0 Å². The lowest BCUT2D eigenvalue weighted by Gasteiger charge is -2.31. The molecule has 3 aromatic heterocycles. The Bertz CT molecular complexity index is 1100. The van der Waals surface area contributed by atoms with Gasteiger partial charge in [-0.25, -0.2) is 15.0 Å². The highest BCUT2D eigenvalue weighted by Crippen LogP contribution is 2.47. The number of fused-ring (bicyclic) bond motifs is 4. The molecule has 0 bridgehead atoms. The summed E-state index contributed by atoms with van der Waals surface area (Å²) in [5.41, 5.74) is 2.16. The van der Waals surface area contributed by atoms with Crippen molar-refractivity contribution in [2.24, 2.45) is 0 Å². The minimum atomic E-state index is -0.622. The Morgan fingerprint density at radius 1 is 0.833 bits per heavy atom. The lowest BCUT2D eigenvalue weighted by molar-refractivity contribution is -0.227. The second-order valence-electron chi connectivity index (χ2n) is 10.4. The van der Waals surface area contributed by atoms with E-state index >= 15 is 0 Å². The van der Waals surface area contributed by atoms with Gasteiger partial charge in [-0.2, -0.15) is 0 Å². The second kappa shape index (κ2) is 11.5. The van der Waals surface area contributed by atoms with Gasteiger partial charge in [-0.05, 0) is 12.8 Å². The highest BCUT2D eigenvalue weighted by Gasteiger charge is 2.58. The molecule has 0 spiro atoms. The first-order valence-electron chi connectivity index (χ1n) is 14.0. The van der Waals surface area contributed by atoms with Gasteiger partial charge in [0.1, 0.15) is 24.6 Å². The van der Waals surface area contributed by atoms with Crippen LogP contribution in [0.1, 0.15) is 97.1 Å². The molecule has 198 valence electrons. The van der Waals surface area contributed by atoms with Crippen LogP contribution in [0.25, 0.3) is 16.8 Å². The zero-order valence-electron chi connectivity index (χ0n) is 21.7. The SMILES string of the molecule is CCCCCCCC1(CCCCCCC)O[C@@H]2[C@H](O1)[C@@H](CO)O[C@H]2n1cnc2c1ncn1ccnc21. The number of imidazole rings is 2. The zero-order valence-corrected chi connectivity index (χ0v) is 21.7. The van der Waals surface area contributed by atoms with Gasteiger partial charge in [-0.15, -0.1) is 0 Å². The molecule has 3 aromatic rings. The van der Waals surface area contributed by atoms with Crippen LogP contribution in [-0.4, -0.2) is 59.7 Å². The maximum absolute atomic E-state index is 10.2. The van der Waals surface area contributed by atoms with Gasteiger partial charge in [0.2, 0.25) is 0 Å². The fraction of sp³-hybridized carbons (Fsp3) is 0.741. The molecule has 2 aliphatic heterocycles. The van der Waals surface area contributed by atoms with E-state index in [4.69, 9.17) is 14.2 Å². The van der Waals surface area contributed by atoms with Crippen LogP contribution in [0.5, 0.6) is 0 Å². The molecule has 2 aliphatic rings. The van der Waals surface area contributed by atoms with E-state index in [9.17, 15) is 5.11 Å². The molecule has 2 saturated heterocycles. The monoisotopic (exact) mass is 499 g/mol. The number of unbranched alkanes of at least 4 members (excludes halogenated alkanes) is 8. The van der Waals surface area contributed by atoms with Crippen LogP contribution in [0.2, 0.25) is 0 Å². The standard InChI is InChI=1S/C27H41N5O4/c1-3-5-7-9-11-13-27(14-12-10-8-6-4-2)35-22-20(17-33)34-26(23(22)36-27)32-19-29-21-24-28-15-16-31(24)18-30-25(21)32/h15-16,18-20,22-23,26,33H,3-14,17H2,1-2H3/t20-,22-,23-,26-/m1/s1. The Labute approximate surface area is 213 Å². The summed E-state index contributed by atoms with van der Waals surface area (Å²) in [6, 6.07) is 0. The molecule has 5 heterocycles. The Morgan fingerprint density at radius 2 is 1.53 bits per heavy atom. The van der Waals surface area contributed by atoms with Gasteiger partial charge in [0.15, 0.2) is 28.8 Å². The van der Waals surface area contributed by atoms with Gasteiger partial charge in [0.25, 0.3) is 0 Å². The zero-order chi connectivity index (χ0) is 25.0. The number of aliphatic hydroxyl groups is 1. The van der Waals surface area contributed by atoms with E-state index in [1.165, 1.54) is 51.4 Å². The Balaban J connectivity index is 1.37. The van der Waals surface area contributed by atoms with Crippen molar-refractivity contribution in [3.63, 3.8) is 0 Å². The van der Waals surface area contributed by atoms with Crippen LogP contribution in [-0.2, 0) is 14.2 Å². The van der Waals surface area contributed by atoms with Crippen molar-refractivity contribution in [1.29, 1.82) is 0 Å².